The Kier molecular flexibility index (Phi) is 6.70. The fourth-order valence-corrected chi connectivity index (χ4v) is 3.22. The molecule has 7 heteroatoms. The normalized spacial score (nSPS) is 15.4. The van der Waals surface area contributed by atoms with E-state index in [1.165, 1.54) is 0 Å². The van der Waals surface area contributed by atoms with Crippen molar-refractivity contribution in [3.05, 3.63) is 36.4 Å². The summed E-state index contributed by atoms with van der Waals surface area (Å²) in [7, 11) is 1.63. The van der Waals surface area contributed by atoms with E-state index in [0.29, 0.717) is 31.0 Å². The van der Waals surface area contributed by atoms with Crippen LogP contribution in [0.5, 0.6) is 5.75 Å². The van der Waals surface area contributed by atoms with E-state index in [1.54, 1.807) is 13.3 Å². The summed E-state index contributed by atoms with van der Waals surface area (Å²) < 4.78 is 16.3. The number of oxazole rings is 1. The maximum Gasteiger partial charge on any atom is 0.220 e. The highest BCUT2D eigenvalue weighted by atomic mass is 16.5. The minimum atomic E-state index is -0.0933. The topological polar surface area (TPSA) is 76.8 Å². The first kappa shape index (κ1) is 20.4. The summed E-state index contributed by atoms with van der Waals surface area (Å²) >= 11 is 0. The van der Waals surface area contributed by atoms with Crippen molar-refractivity contribution in [1.82, 2.24) is 15.2 Å². The molecule has 1 aliphatic rings. The van der Waals surface area contributed by atoms with Crippen LogP contribution in [0.2, 0.25) is 0 Å². The summed E-state index contributed by atoms with van der Waals surface area (Å²) in [6.07, 6.45) is 2.51. The fourth-order valence-electron chi connectivity index (χ4n) is 3.22. The SMILES string of the molecule is COc1ccc(-c2cnc(CCC(=O)NCC(C)(C)N3CCOCC3)o2)cc1. The monoisotopic (exact) mass is 387 g/mol. The average Bonchev–Trinajstić information content (AvgIpc) is 3.20. The van der Waals surface area contributed by atoms with Crippen molar-refractivity contribution >= 4 is 5.91 Å². The van der Waals surface area contributed by atoms with Gasteiger partial charge in [0.15, 0.2) is 11.7 Å². The molecule has 28 heavy (non-hydrogen) atoms. The van der Waals surface area contributed by atoms with Gasteiger partial charge in [0, 0.05) is 43.6 Å². The zero-order chi connectivity index (χ0) is 20.0. The Balaban J connectivity index is 1.46. The van der Waals surface area contributed by atoms with Crippen LogP contribution in [0.1, 0.15) is 26.2 Å². The molecule has 0 atom stereocenters. The highest BCUT2D eigenvalue weighted by Crippen LogP contribution is 2.23. The van der Waals surface area contributed by atoms with E-state index in [9.17, 15) is 4.79 Å². The number of aryl methyl sites for hydroxylation is 1. The van der Waals surface area contributed by atoms with Crippen LogP contribution in [0.15, 0.2) is 34.9 Å². The molecule has 152 valence electrons. The predicted octanol–water partition coefficient (Wildman–Crippen LogP) is 2.51. The first-order valence-corrected chi connectivity index (χ1v) is 9.66. The molecule has 7 nitrogen and oxygen atoms in total. The molecule has 1 fully saturated rings. The lowest BCUT2D eigenvalue weighted by Crippen LogP contribution is -2.55. The van der Waals surface area contributed by atoms with Crippen molar-refractivity contribution in [3.63, 3.8) is 0 Å². The summed E-state index contributed by atoms with van der Waals surface area (Å²) in [5.41, 5.74) is 0.834. The molecule has 1 aromatic carbocycles. The summed E-state index contributed by atoms with van der Waals surface area (Å²) in [6, 6.07) is 7.59. The van der Waals surface area contributed by atoms with Gasteiger partial charge in [0.25, 0.3) is 0 Å². The van der Waals surface area contributed by atoms with Gasteiger partial charge in [0.1, 0.15) is 5.75 Å². The molecule has 3 rings (SSSR count). The van der Waals surface area contributed by atoms with E-state index >= 15 is 0 Å². The molecule has 0 saturated carbocycles. The minimum absolute atomic E-state index is 0.00512. The summed E-state index contributed by atoms with van der Waals surface area (Å²) in [5, 5.41) is 3.04. The maximum absolute atomic E-state index is 12.3. The molecule has 0 bridgehead atoms. The Morgan fingerprint density at radius 3 is 2.64 bits per heavy atom. The first-order chi connectivity index (χ1) is 13.5. The van der Waals surface area contributed by atoms with Crippen LogP contribution in [-0.2, 0) is 16.0 Å². The first-order valence-electron chi connectivity index (χ1n) is 9.66. The number of benzene rings is 1. The molecular weight excluding hydrogens is 358 g/mol. The number of nitrogens with zero attached hydrogens (tertiary/aromatic N) is 2. The van der Waals surface area contributed by atoms with Gasteiger partial charge in [-0.3, -0.25) is 9.69 Å². The molecular formula is C21H29N3O4. The van der Waals surface area contributed by atoms with Crippen molar-refractivity contribution in [2.45, 2.75) is 32.2 Å². The van der Waals surface area contributed by atoms with Gasteiger partial charge in [-0.2, -0.15) is 0 Å². The van der Waals surface area contributed by atoms with Gasteiger partial charge in [-0.05, 0) is 38.1 Å². The quantitative estimate of drug-likeness (QED) is 0.750. The van der Waals surface area contributed by atoms with E-state index in [1.807, 2.05) is 24.3 Å². The highest BCUT2D eigenvalue weighted by Gasteiger charge is 2.28. The van der Waals surface area contributed by atoms with Crippen LogP contribution >= 0.6 is 0 Å². The fraction of sp³-hybridized carbons (Fsp3) is 0.524. The van der Waals surface area contributed by atoms with Crippen LogP contribution in [0.4, 0.5) is 0 Å². The van der Waals surface area contributed by atoms with Gasteiger partial charge in [-0.1, -0.05) is 0 Å². The molecule has 1 amide bonds. The summed E-state index contributed by atoms with van der Waals surface area (Å²) in [5.74, 6) is 2.05. The van der Waals surface area contributed by atoms with E-state index in [4.69, 9.17) is 13.9 Å². The lowest BCUT2D eigenvalue weighted by Gasteiger charge is -2.40. The summed E-state index contributed by atoms with van der Waals surface area (Å²) in [6.45, 7) is 8.19. The number of amides is 1. The highest BCUT2D eigenvalue weighted by molar-refractivity contribution is 5.76. The third-order valence-corrected chi connectivity index (χ3v) is 5.08. The molecule has 0 spiro atoms. The van der Waals surface area contributed by atoms with Crippen molar-refractivity contribution in [1.29, 1.82) is 0 Å². The lowest BCUT2D eigenvalue weighted by molar-refractivity contribution is -0.121. The molecule has 1 saturated heterocycles. The average molecular weight is 387 g/mol. The molecule has 1 aromatic heterocycles. The molecule has 0 radical (unpaired) electrons. The number of hydrogen-bond donors (Lipinski definition) is 1. The lowest BCUT2D eigenvalue weighted by atomic mass is 10.0. The van der Waals surface area contributed by atoms with Crippen LogP contribution in [0.25, 0.3) is 11.3 Å². The summed E-state index contributed by atoms with van der Waals surface area (Å²) in [4.78, 5) is 18.9. The Morgan fingerprint density at radius 2 is 1.96 bits per heavy atom. The van der Waals surface area contributed by atoms with Crippen LogP contribution in [-0.4, -0.2) is 61.3 Å². The van der Waals surface area contributed by atoms with Crippen LogP contribution in [0.3, 0.4) is 0 Å². The van der Waals surface area contributed by atoms with Crippen molar-refractivity contribution in [3.8, 4) is 17.1 Å². The van der Waals surface area contributed by atoms with Gasteiger partial charge in [0.05, 0.1) is 26.5 Å². The molecule has 2 aromatic rings. The van der Waals surface area contributed by atoms with Gasteiger partial charge < -0.3 is 19.2 Å². The maximum atomic E-state index is 12.3. The van der Waals surface area contributed by atoms with Crippen molar-refractivity contribution in [2.75, 3.05) is 40.0 Å². The van der Waals surface area contributed by atoms with Crippen LogP contribution < -0.4 is 10.1 Å². The molecule has 1 aliphatic heterocycles. The number of hydrogen-bond acceptors (Lipinski definition) is 6. The van der Waals surface area contributed by atoms with Crippen LogP contribution in [0, 0.1) is 0 Å². The number of rotatable bonds is 8. The van der Waals surface area contributed by atoms with Gasteiger partial charge >= 0.3 is 0 Å². The molecule has 0 unspecified atom stereocenters. The number of ether oxygens (including phenoxy) is 2. The number of carbonyl (C=O) groups excluding carboxylic acids is 1. The van der Waals surface area contributed by atoms with Gasteiger partial charge in [-0.15, -0.1) is 0 Å². The van der Waals surface area contributed by atoms with Gasteiger partial charge in [-0.25, -0.2) is 4.98 Å². The number of aromatic nitrogens is 1. The second-order valence-electron chi connectivity index (χ2n) is 7.54. The smallest absolute Gasteiger partial charge is 0.220 e. The molecule has 1 N–H and O–H groups in total. The largest absolute Gasteiger partial charge is 0.497 e. The van der Waals surface area contributed by atoms with Crippen molar-refractivity contribution < 1.29 is 18.7 Å². The second kappa shape index (κ2) is 9.21. The zero-order valence-electron chi connectivity index (χ0n) is 16.9. The third-order valence-electron chi connectivity index (χ3n) is 5.08. The predicted molar refractivity (Wildman–Crippen MR) is 106 cm³/mol. The number of carbonyl (C=O) groups is 1. The Bertz CT molecular complexity index is 764. The van der Waals surface area contributed by atoms with Crippen molar-refractivity contribution in [2.24, 2.45) is 0 Å². The number of methoxy groups -OCH3 is 1. The Morgan fingerprint density at radius 1 is 1.25 bits per heavy atom. The second-order valence-corrected chi connectivity index (χ2v) is 7.54. The Labute approximate surface area is 166 Å². The number of nitrogens with one attached hydrogen (secondary N) is 1. The van der Waals surface area contributed by atoms with E-state index in [0.717, 1.165) is 37.6 Å². The zero-order valence-corrected chi connectivity index (χ0v) is 16.9. The minimum Gasteiger partial charge on any atom is -0.497 e. The van der Waals surface area contributed by atoms with E-state index in [2.05, 4.69) is 29.0 Å². The third kappa shape index (κ3) is 5.33. The van der Waals surface area contributed by atoms with E-state index in [-0.39, 0.29) is 11.4 Å². The standard InChI is InChI=1S/C21H29N3O4/c1-21(2,24-10-12-27-13-11-24)15-23-19(25)8-9-20-22-14-18(28-20)16-4-6-17(26-3)7-5-16/h4-7,14H,8-13,15H2,1-3H3,(H,23,25). The molecule has 2 heterocycles. The molecule has 0 aliphatic carbocycles. The number of morpholine rings is 1. The van der Waals surface area contributed by atoms with Gasteiger partial charge in [0.2, 0.25) is 5.91 Å². The Hall–Kier alpha value is -2.38. The van der Waals surface area contributed by atoms with E-state index < -0.39 is 0 Å².